The molecule has 82 valence electrons. The van der Waals surface area contributed by atoms with Crippen LogP contribution >= 0.6 is 0 Å². The van der Waals surface area contributed by atoms with E-state index in [4.69, 9.17) is 9.47 Å². The van der Waals surface area contributed by atoms with E-state index in [-0.39, 0.29) is 12.4 Å². The number of rotatable bonds is 5. The molecule has 6 heteroatoms. The number of nitro groups is 1. The Hall–Kier alpha value is -1.69. The molecule has 1 aromatic carbocycles. The van der Waals surface area contributed by atoms with Crippen LogP contribution in [0.15, 0.2) is 18.2 Å². The second-order valence-electron chi connectivity index (χ2n) is 2.69. The van der Waals surface area contributed by atoms with Crippen molar-refractivity contribution in [2.24, 2.45) is 0 Å². The van der Waals surface area contributed by atoms with E-state index >= 15 is 0 Å². The Balaban J connectivity index is 2.80. The molecule has 0 saturated carbocycles. The fraction of sp³-hybridized carbons (Fsp3) is 0.333. The molecule has 0 aromatic heterocycles. The summed E-state index contributed by atoms with van der Waals surface area (Å²) in [6, 6.07) is 3.78. The van der Waals surface area contributed by atoms with Crippen LogP contribution in [0.3, 0.4) is 0 Å². The molecular weight excluding hydrogens is 205 g/mol. The molecule has 0 aliphatic rings. The minimum absolute atomic E-state index is 0.138. The van der Waals surface area contributed by atoms with E-state index in [2.05, 4.69) is 0 Å². The van der Waals surface area contributed by atoms with Crippen molar-refractivity contribution in [3.63, 3.8) is 0 Å². The van der Waals surface area contributed by atoms with Crippen LogP contribution in [0.2, 0.25) is 0 Å². The van der Waals surface area contributed by atoms with Gasteiger partial charge in [0, 0.05) is 13.2 Å². The van der Waals surface area contributed by atoms with E-state index < -0.39 is 16.4 Å². The van der Waals surface area contributed by atoms with E-state index in [0.29, 0.717) is 6.61 Å². The van der Waals surface area contributed by atoms with Crippen molar-refractivity contribution in [3.05, 3.63) is 34.1 Å². The Labute approximate surface area is 85.6 Å². The first-order valence-corrected chi connectivity index (χ1v) is 4.21. The lowest BCUT2D eigenvalue weighted by molar-refractivity contribution is -0.387. The summed E-state index contributed by atoms with van der Waals surface area (Å²) in [6.07, 6.45) is 0. The number of halogens is 1. The van der Waals surface area contributed by atoms with Crippen LogP contribution in [0.4, 0.5) is 10.1 Å². The summed E-state index contributed by atoms with van der Waals surface area (Å²) in [6.45, 7) is 0.441. The molecule has 0 fully saturated rings. The molecule has 0 aliphatic carbocycles. The number of hydrogen-bond acceptors (Lipinski definition) is 4. The maximum atomic E-state index is 13.3. The molecular formula is C9H10FNO4. The molecule has 0 bridgehead atoms. The minimum atomic E-state index is -0.960. The van der Waals surface area contributed by atoms with Crippen LogP contribution in [-0.2, 0) is 4.74 Å². The standard InChI is InChI=1S/C9H10FNO4/c1-14-5-6-15-8-4-2-3-7(9(8)10)11(12)13/h2-4H,5-6H2,1H3. The lowest BCUT2D eigenvalue weighted by Gasteiger charge is -2.05. The Morgan fingerprint density at radius 1 is 1.47 bits per heavy atom. The third-order valence-corrected chi connectivity index (χ3v) is 1.68. The summed E-state index contributed by atoms with van der Waals surface area (Å²) >= 11 is 0. The molecule has 0 N–H and O–H groups in total. The number of hydrogen-bond donors (Lipinski definition) is 0. The summed E-state index contributed by atoms with van der Waals surface area (Å²) in [5, 5.41) is 10.4. The topological polar surface area (TPSA) is 61.6 Å². The highest BCUT2D eigenvalue weighted by molar-refractivity contribution is 5.40. The lowest BCUT2D eigenvalue weighted by Crippen LogP contribution is -2.06. The molecule has 5 nitrogen and oxygen atoms in total. The molecule has 0 radical (unpaired) electrons. The van der Waals surface area contributed by atoms with Gasteiger partial charge >= 0.3 is 5.69 Å². The van der Waals surface area contributed by atoms with Crippen molar-refractivity contribution in [1.29, 1.82) is 0 Å². The van der Waals surface area contributed by atoms with Gasteiger partial charge in [-0.25, -0.2) is 0 Å². The molecule has 0 unspecified atom stereocenters. The van der Waals surface area contributed by atoms with E-state index in [0.717, 1.165) is 6.07 Å². The van der Waals surface area contributed by atoms with Crippen molar-refractivity contribution in [3.8, 4) is 5.75 Å². The van der Waals surface area contributed by atoms with E-state index in [1.165, 1.54) is 19.2 Å². The summed E-state index contributed by atoms with van der Waals surface area (Å²) in [7, 11) is 1.48. The quantitative estimate of drug-likeness (QED) is 0.426. The summed E-state index contributed by atoms with van der Waals surface area (Å²) in [5.41, 5.74) is -0.593. The predicted molar refractivity (Wildman–Crippen MR) is 50.4 cm³/mol. The van der Waals surface area contributed by atoms with Crippen molar-refractivity contribution < 1.29 is 18.8 Å². The SMILES string of the molecule is COCCOc1cccc([N+](=O)[O-])c1F. The Bertz CT molecular complexity index is 356. The fourth-order valence-corrected chi connectivity index (χ4v) is 0.987. The molecule has 0 amide bonds. The first-order valence-electron chi connectivity index (χ1n) is 4.21. The number of ether oxygens (including phenoxy) is 2. The fourth-order valence-electron chi connectivity index (χ4n) is 0.987. The highest BCUT2D eigenvalue weighted by Crippen LogP contribution is 2.25. The predicted octanol–water partition coefficient (Wildman–Crippen LogP) is 1.76. The maximum absolute atomic E-state index is 13.3. The third kappa shape index (κ3) is 2.88. The lowest BCUT2D eigenvalue weighted by atomic mass is 10.3. The van der Waals surface area contributed by atoms with E-state index in [1.54, 1.807) is 0 Å². The van der Waals surface area contributed by atoms with Gasteiger partial charge in [-0.15, -0.1) is 0 Å². The molecule has 1 aromatic rings. The highest BCUT2D eigenvalue weighted by Gasteiger charge is 2.17. The molecule has 0 spiro atoms. The average Bonchev–Trinajstić information content (AvgIpc) is 2.20. The van der Waals surface area contributed by atoms with Gasteiger partial charge in [-0.2, -0.15) is 4.39 Å². The van der Waals surface area contributed by atoms with Gasteiger partial charge in [0.2, 0.25) is 5.82 Å². The maximum Gasteiger partial charge on any atom is 0.308 e. The van der Waals surface area contributed by atoms with Crippen molar-refractivity contribution in [2.45, 2.75) is 0 Å². The van der Waals surface area contributed by atoms with Crippen molar-refractivity contribution in [1.82, 2.24) is 0 Å². The molecule has 0 aliphatic heterocycles. The Morgan fingerprint density at radius 3 is 2.80 bits per heavy atom. The van der Waals surface area contributed by atoms with E-state index in [1.807, 2.05) is 0 Å². The Kier molecular flexibility index (Phi) is 3.99. The van der Waals surface area contributed by atoms with Gasteiger partial charge in [0.1, 0.15) is 6.61 Å². The zero-order chi connectivity index (χ0) is 11.3. The smallest absolute Gasteiger partial charge is 0.308 e. The number of nitro benzene ring substituents is 1. The van der Waals surface area contributed by atoms with Crippen LogP contribution in [0, 0.1) is 15.9 Å². The zero-order valence-electron chi connectivity index (χ0n) is 8.10. The van der Waals surface area contributed by atoms with Crippen LogP contribution in [0.5, 0.6) is 5.75 Å². The number of nitrogens with zero attached hydrogens (tertiary/aromatic N) is 1. The number of benzene rings is 1. The van der Waals surface area contributed by atoms with E-state index in [9.17, 15) is 14.5 Å². The van der Waals surface area contributed by atoms with Gasteiger partial charge in [-0.05, 0) is 6.07 Å². The summed E-state index contributed by atoms with van der Waals surface area (Å²) in [5.74, 6) is -1.10. The molecule has 15 heavy (non-hydrogen) atoms. The van der Waals surface area contributed by atoms with Gasteiger partial charge in [-0.1, -0.05) is 6.07 Å². The first kappa shape index (κ1) is 11.4. The highest BCUT2D eigenvalue weighted by atomic mass is 19.1. The molecule has 1 rings (SSSR count). The van der Waals surface area contributed by atoms with Gasteiger partial charge in [0.05, 0.1) is 11.5 Å². The molecule has 0 saturated heterocycles. The largest absolute Gasteiger partial charge is 0.488 e. The van der Waals surface area contributed by atoms with Crippen LogP contribution in [0.1, 0.15) is 0 Å². The summed E-state index contributed by atoms with van der Waals surface area (Å²) in [4.78, 5) is 9.60. The van der Waals surface area contributed by atoms with Gasteiger partial charge in [-0.3, -0.25) is 10.1 Å². The number of methoxy groups -OCH3 is 1. The van der Waals surface area contributed by atoms with Crippen LogP contribution in [0.25, 0.3) is 0 Å². The monoisotopic (exact) mass is 215 g/mol. The van der Waals surface area contributed by atoms with Crippen LogP contribution in [-0.4, -0.2) is 25.2 Å². The second-order valence-corrected chi connectivity index (χ2v) is 2.69. The normalized spacial score (nSPS) is 10.0. The zero-order valence-corrected chi connectivity index (χ0v) is 8.10. The molecule has 0 heterocycles. The van der Waals surface area contributed by atoms with Crippen molar-refractivity contribution >= 4 is 5.69 Å². The van der Waals surface area contributed by atoms with Crippen molar-refractivity contribution in [2.75, 3.05) is 20.3 Å². The van der Waals surface area contributed by atoms with Crippen LogP contribution < -0.4 is 4.74 Å². The second kappa shape index (κ2) is 5.26. The first-order chi connectivity index (χ1) is 7.16. The van der Waals surface area contributed by atoms with Gasteiger partial charge in [0.15, 0.2) is 5.75 Å². The average molecular weight is 215 g/mol. The summed E-state index contributed by atoms with van der Waals surface area (Å²) < 4.78 is 23.0. The molecule has 0 atom stereocenters. The van der Waals surface area contributed by atoms with Gasteiger partial charge < -0.3 is 9.47 Å². The minimum Gasteiger partial charge on any atom is -0.488 e. The third-order valence-electron chi connectivity index (χ3n) is 1.68. The Morgan fingerprint density at radius 2 is 2.20 bits per heavy atom. The van der Waals surface area contributed by atoms with Gasteiger partial charge in [0.25, 0.3) is 0 Å².